The Morgan fingerprint density at radius 2 is 2.50 bits per heavy atom. The molecule has 2 rings (SSSR count). The predicted molar refractivity (Wildman–Crippen MR) is 38.4 cm³/mol. The van der Waals surface area contributed by atoms with E-state index >= 15 is 0 Å². The number of carbonyl (C=O) groups is 2. The Bertz CT molecular complexity index is 275. The van der Waals surface area contributed by atoms with Crippen LogP contribution in [0.1, 0.15) is 6.92 Å². The summed E-state index contributed by atoms with van der Waals surface area (Å²) >= 11 is 0. The lowest BCUT2D eigenvalue weighted by atomic mass is 10.1. The zero-order valence-corrected chi connectivity index (χ0v) is 6.57. The third kappa shape index (κ3) is 0.881. The van der Waals surface area contributed by atoms with Crippen molar-refractivity contribution >= 4 is 11.8 Å². The van der Waals surface area contributed by atoms with E-state index in [0.29, 0.717) is 6.61 Å². The molecule has 0 aromatic rings. The number of hydrogen-bond donors (Lipinski definition) is 0. The van der Waals surface area contributed by atoms with Gasteiger partial charge in [-0.2, -0.15) is 0 Å². The molecule has 1 fully saturated rings. The molecule has 0 aromatic carbocycles. The summed E-state index contributed by atoms with van der Waals surface area (Å²) in [6.45, 7) is 1.67. The topological polar surface area (TPSA) is 55.9 Å². The number of ether oxygens (including phenoxy) is 2. The van der Waals surface area contributed by atoms with E-state index in [0.717, 1.165) is 0 Å². The molecule has 1 heterocycles. The van der Waals surface area contributed by atoms with Gasteiger partial charge in [0.15, 0.2) is 17.5 Å². The monoisotopic (exact) mass is 168 g/mol. The molecule has 0 saturated carbocycles. The van der Waals surface area contributed by atoms with Crippen LogP contribution in [0.2, 0.25) is 0 Å². The third-order valence-electron chi connectivity index (χ3n) is 2.05. The van der Waals surface area contributed by atoms with Crippen LogP contribution in [0.4, 0.5) is 0 Å². The number of ketones is 1. The maximum atomic E-state index is 11.1. The normalized spacial score (nSPS) is 37.4. The summed E-state index contributed by atoms with van der Waals surface area (Å²) in [4.78, 5) is 21.7. The van der Waals surface area contributed by atoms with Gasteiger partial charge in [0.05, 0.1) is 6.61 Å². The molecule has 1 saturated heterocycles. The Balaban J connectivity index is 2.13. The molecule has 2 atom stereocenters. The van der Waals surface area contributed by atoms with Crippen LogP contribution in [0, 0.1) is 0 Å². The fraction of sp³-hybridized carbons (Fsp3) is 0.500. The van der Waals surface area contributed by atoms with Gasteiger partial charge in [0.25, 0.3) is 0 Å². The first-order valence-electron chi connectivity index (χ1n) is 3.69. The Morgan fingerprint density at radius 1 is 1.83 bits per heavy atom. The summed E-state index contributed by atoms with van der Waals surface area (Å²) in [6, 6.07) is 0. The summed E-state index contributed by atoms with van der Waals surface area (Å²) in [6.07, 6.45) is 2.46. The Kier molecular flexibility index (Phi) is 1.35. The van der Waals surface area contributed by atoms with Crippen LogP contribution in [-0.4, -0.2) is 30.1 Å². The predicted octanol–water partition coefficient (Wildman–Crippen LogP) is -0.174. The SMILES string of the molecule is CC(=O)O[C@H]1C=CC(=O)[C@]12CO2. The number of rotatable bonds is 1. The first-order valence-corrected chi connectivity index (χ1v) is 3.69. The van der Waals surface area contributed by atoms with Gasteiger partial charge in [0.1, 0.15) is 0 Å². The molecule has 1 aliphatic heterocycles. The van der Waals surface area contributed by atoms with E-state index in [2.05, 4.69) is 0 Å². The van der Waals surface area contributed by atoms with E-state index in [9.17, 15) is 9.59 Å². The highest BCUT2D eigenvalue weighted by molar-refractivity contribution is 6.02. The molecule has 12 heavy (non-hydrogen) atoms. The van der Waals surface area contributed by atoms with E-state index in [-0.39, 0.29) is 5.78 Å². The fourth-order valence-electron chi connectivity index (χ4n) is 1.31. The van der Waals surface area contributed by atoms with Crippen molar-refractivity contribution in [2.24, 2.45) is 0 Å². The standard InChI is InChI=1S/C8H8O4/c1-5(9)12-7-3-2-6(10)8(7)4-11-8/h2-3,7H,4H2,1H3/t7-,8+/m0/s1. The molecule has 0 N–H and O–H groups in total. The van der Waals surface area contributed by atoms with Crippen LogP contribution in [-0.2, 0) is 19.1 Å². The van der Waals surface area contributed by atoms with Crippen molar-refractivity contribution in [3.8, 4) is 0 Å². The molecule has 0 bridgehead atoms. The maximum absolute atomic E-state index is 11.1. The minimum absolute atomic E-state index is 0.103. The van der Waals surface area contributed by atoms with Gasteiger partial charge in [0.2, 0.25) is 0 Å². The average molecular weight is 168 g/mol. The second kappa shape index (κ2) is 2.17. The lowest BCUT2D eigenvalue weighted by Crippen LogP contribution is -2.34. The fourth-order valence-corrected chi connectivity index (χ4v) is 1.31. The number of epoxide rings is 1. The third-order valence-corrected chi connectivity index (χ3v) is 2.05. The minimum Gasteiger partial charge on any atom is -0.455 e. The van der Waals surface area contributed by atoms with E-state index in [4.69, 9.17) is 9.47 Å². The second-order valence-corrected chi connectivity index (χ2v) is 2.93. The zero-order chi connectivity index (χ0) is 8.77. The molecule has 64 valence electrons. The van der Waals surface area contributed by atoms with E-state index in [1.165, 1.54) is 13.0 Å². The summed E-state index contributed by atoms with van der Waals surface area (Å²) < 4.78 is 9.88. The largest absolute Gasteiger partial charge is 0.455 e. The smallest absolute Gasteiger partial charge is 0.303 e. The molecule has 0 amide bonds. The zero-order valence-electron chi connectivity index (χ0n) is 6.57. The first kappa shape index (κ1) is 7.49. The molecule has 2 aliphatic rings. The molecule has 1 aliphatic carbocycles. The van der Waals surface area contributed by atoms with Crippen molar-refractivity contribution in [2.45, 2.75) is 18.6 Å². The number of esters is 1. The van der Waals surface area contributed by atoms with Gasteiger partial charge in [-0.25, -0.2) is 0 Å². The molecule has 0 aromatic heterocycles. The van der Waals surface area contributed by atoms with E-state index in [1.54, 1.807) is 6.08 Å². The Morgan fingerprint density at radius 3 is 3.00 bits per heavy atom. The maximum Gasteiger partial charge on any atom is 0.303 e. The summed E-state index contributed by atoms with van der Waals surface area (Å²) in [5.74, 6) is -0.497. The molecule has 1 spiro atoms. The van der Waals surface area contributed by atoms with Gasteiger partial charge in [-0.3, -0.25) is 9.59 Å². The van der Waals surface area contributed by atoms with Crippen molar-refractivity contribution in [2.75, 3.05) is 6.61 Å². The molecular weight excluding hydrogens is 160 g/mol. The van der Waals surface area contributed by atoms with Crippen molar-refractivity contribution in [1.29, 1.82) is 0 Å². The van der Waals surface area contributed by atoms with Crippen LogP contribution in [0.5, 0.6) is 0 Å². The highest BCUT2D eigenvalue weighted by atomic mass is 16.6. The van der Waals surface area contributed by atoms with Crippen LogP contribution in [0.3, 0.4) is 0 Å². The lowest BCUT2D eigenvalue weighted by Gasteiger charge is -2.12. The van der Waals surface area contributed by atoms with Crippen molar-refractivity contribution in [1.82, 2.24) is 0 Å². The van der Waals surface area contributed by atoms with Gasteiger partial charge in [-0.05, 0) is 12.2 Å². The Hall–Kier alpha value is -1.16. The summed E-state index contributed by atoms with van der Waals surface area (Å²) in [5.41, 5.74) is -0.842. The van der Waals surface area contributed by atoms with Crippen molar-refractivity contribution in [3.05, 3.63) is 12.2 Å². The number of hydrogen-bond acceptors (Lipinski definition) is 4. The first-order chi connectivity index (χ1) is 5.65. The van der Waals surface area contributed by atoms with Gasteiger partial charge < -0.3 is 9.47 Å². The minimum atomic E-state index is -0.842. The second-order valence-electron chi connectivity index (χ2n) is 2.93. The van der Waals surface area contributed by atoms with Crippen LogP contribution in [0.25, 0.3) is 0 Å². The van der Waals surface area contributed by atoms with Crippen LogP contribution < -0.4 is 0 Å². The molecule has 4 heteroatoms. The van der Waals surface area contributed by atoms with Crippen molar-refractivity contribution < 1.29 is 19.1 Å². The van der Waals surface area contributed by atoms with Crippen molar-refractivity contribution in [3.63, 3.8) is 0 Å². The van der Waals surface area contributed by atoms with E-state index in [1.807, 2.05) is 0 Å². The van der Waals surface area contributed by atoms with E-state index < -0.39 is 17.7 Å². The molecule has 4 nitrogen and oxygen atoms in total. The Labute approximate surface area is 69.1 Å². The summed E-state index contributed by atoms with van der Waals surface area (Å²) in [7, 11) is 0. The average Bonchev–Trinajstić information content (AvgIpc) is 2.71. The number of carbonyl (C=O) groups excluding carboxylic acids is 2. The van der Waals surface area contributed by atoms with Crippen LogP contribution in [0.15, 0.2) is 12.2 Å². The molecule has 0 unspecified atom stereocenters. The molecule has 0 radical (unpaired) electrons. The van der Waals surface area contributed by atoms with Gasteiger partial charge in [0, 0.05) is 6.92 Å². The van der Waals surface area contributed by atoms with Crippen LogP contribution >= 0.6 is 0 Å². The quantitative estimate of drug-likeness (QED) is 0.403. The summed E-state index contributed by atoms with van der Waals surface area (Å²) in [5, 5.41) is 0. The molecular formula is C8H8O4. The lowest BCUT2D eigenvalue weighted by molar-refractivity contribution is -0.147. The van der Waals surface area contributed by atoms with Gasteiger partial charge in [-0.15, -0.1) is 0 Å². The highest BCUT2D eigenvalue weighted by Crippen LogP contribution is 2.38. The van der Waals surface area contributed by atoms with Gasteiger partial charge >= 0.3 is 5.97 Å². The highest BCUT2D eigenvalue weighted by Gasteiger charge is 2.60. The van der Waals surface area contributed by atoms with Gasteiger partial charge in [-0.1, -0.05) is 0 Å².